The molecule has 1 heterocycles. The topological polar surface area (TPSA) is 29.3 Å². The summed E-state index contributed by atoms with van der Waals surface area (Å²) in [5.41, 5.74) is 12.7. The highest BCUT2D eigenvalue weighted by atomic mass is 19.1. The van der Waals surface area contributed by atoms with Crippen LogP contribution in [0.2, 0.25) is 0 Å². The Morgan fingerprint density at radius 2 is 1.52 bits per heavy atom. The molecule has 2 N–H and O–H groups in total. The maximum absolute atomic E-state index is 13.4. The molecule has 1 aliphatic carbocycles. The first-order valence-electron chi connectivity index (χ1n) is 8.98. The second-order valence-corrected chi connectivity index (χ2v) is 7.92. The zero-order valence-corrected chi connectivity index (χ0v) is 14.9. The minimum atomic E-state index is -0.189. The standard InChI is InChI=1S/C22H25FN2/c1-15(24)16-3-5-17(6-4-16)21(18-7-9-20(23)10-8-18)19-11-22(12-19)13-25(2)14-22/h3-10,15H,11-14,24H2,1-2H3/t15-/m1/s1. The lowest BCUT2D eigenvalue weighted by molar-refractivity contribution is -0.0106. The second kappa shape index (κ2) is 6.08. The summed E-state index contributed by atoms with van der Waals surface area (Å²) in [7, 11) is 2.18. The Hall–Kier alpha value is -1.97. The summed E-state index contributed by atoms with van der Waals surface area (Å²) in [6.45, 7) is 4.38. The zero-order chi connectivity index (χ0) is 17.6. The Morgan fingerprint density at radius 3 is 2.00 bits per heavy atom. The van der Waals surface area contributed by atoms with Crippen LogP contribution in [0.4, 0.5) is 4.39 Å². The van der Waals surface area contributed by atoms with Crippen LogP contribution in [0.15, 0.2) is 54.1 Å². The first-order valence-corrected chi connectivity index (χ1v) is 8.98. The van der Waals surface area contributed by atoms with Gasteiger partial charge in [-0.05, 0) is 61.2 Å². The highest BCUT2D eigenvalue weighted by molar-refractivity contribution is 5.83. The number of rotatable bonds is 3. The average Bonchev–Trinajstić information content (AvgIpc) is 2.53. The summed E-state index contributed by atoms with van der Waals surface area (Å²) >= 11 is 0. The van der Waals surface area contributed by atoms with E-state index in [1.807, 2.05) is 19.1 Å². The van der Waals surface area contributed by atoms with Crippen LogP contribution in [-0.4, -0.2) is 25.0 Å². The Bertz CT molecular complexity index is 787. The van der Waals surface area contributed by atoms with Gasteiger partial charge in [-0.3, -0.25) is 0 Å². The van der Waals surface area contributed by atoms with Crippen molar-refractivity contribution in [3.8, 4) is 0 Å². The summed E-state index contributed by atoms with van der Waals surface area (Å²) < 4.78 is 13.4. The van der Waals surface area contributed by atoms with Gasteiger partial charge < -0.3 is 10.6 Å². The molecule has 2 aliphatic rings. The minimum absolute atomic E-state index is 0.0356. The van der Waals surface area contributed by atoms with E-state index in [1.54, 1.807) is 12.1 Å². The van der Waals surface area contributed by atoms with E-state index in [0.717, 1.165) is 24.0 Å². The molecule has 1 aliphatic heterocycles. The molecule has 0 unspecified atom stereocenters. The molecule has 0 bridgehead atoms. The van der Waals surface area contributed by atoms with Crippen molar-refractivity contribution >= 4 is 5.57 Å². The van der Waals surface area contributed by atoms with E-state index in [-0.39, 0.29) is 11.9 Å². The second-order valence-electron chi connectivity index (χ2n) is 7.92. The molecule has 25 heavy (non-hydrogen) atoms. The Balaban J connectivity index is 1.71. The fourth-order valence-electron chi connectivity index (χ4n) is 4.50. The lowest BCUT2D eigenvalue weighted by atomic mass is 9.59. The van der Waals surface area contributed by atoms with Crippen molar-refractivity contribution in [2.45, 2.75) is 25.8 Å². The van der Waals surface area contributed by atoms with E-state index >= 15 is 0 Å². The van der Waals surface area contributed by atoms with Crippen LogP contribution in [0.3, 0.4) is 0 Å². The number of halogens is 1. The monoisotopic (exact) mass is 336 g/mol. The highest BCUT2D eigenvalue weighted by Crippen LogP contribution is 2.54. The lowest BCUT2D eigenvalue weighted by Gasteiger charge is -2.56. The van der Waals surface area contributed by atoms with Crippen molar-refractivity contribution in [2.24, 2.45) is 11.1 Å². The molecule has 0 aromatic heterocycles. The van der Waals surface area contributed by atoms with Gasteiger partial charge in [0.15, 0.2) is 0 Å². The van der Waals surface area contributed by atoms with Crippen LogP contribution in [0.1, 0.15) is 42.5 Å². The molecular formula is C22H25FN2. The fraction of sp³-hybridized carbons (Fsp3) is 0.364. The van der Waals surface area contributed by atoms with Gasteiger partial charge in [0.25, 0.3) is 0 Å². The third kappa shape index (κ3) is 3.03. The van der Waals surface area contributed by atoms with E-state index in [4.69, 9.17) is 5.73 Å². The SMILES string of the molecule is C[C@@H](N)c1ccc(C(=C2CC3(C2)CN(C)C3)c2ccc(F)cc2)cc1. The van der Waals surface area contributed by atoms with Gasteiger partial charge in [0.2, 0.25) is 0 Å². The van der Waals surface area contributed by atoms with Crippen molar-refractivity contribution < 1.29 is 4.39 Å². The predicted molar refractivity (Wildman–Crippen MR) is 101 cm³/mol. The molecule has 1 saturated carbocycles. The summed E-state index contributed by atoms with van der Waals surface area (Å²) in [5.74, 6) is -0.189. The maximum atomic E-state index is 13.4. The molecule has 1 saturated heterocycles. The van der Waals surface area contributed by atoms with E-state index in [1.165, 1.54) is 29.8 Å². The molecule has 3 heteroatoms. The van der Waals surface area contributed by atoms with Crippen LogP contribution in [0.5, 0.6) is 0 Å². The average molecular weight is 336 g/mol. The molecular weight excluding hydrogens is 311 g/mol. The van der Waals surface area contributed by atoms with Crippen LogP contribution in [-0.2, 0) is 0 Å². The zero-order valence-electron chi connectivity index (χ0n) is 14.9. The number of nitrogens with two attached hydrogens (primary N) is 1. The van der Waals surface area contributed by atoms with Gasteiger partial charge in [0, 0.05) is 24.5 Å². The van der Waals surface area contributed by atoms with Gasteiger partial charge in [-0.25, -0.2) is 4.39 Å². The van der Waals surface area contributed by atoms with E-state index in [2.05, 4.69) is 36.2 Å². The summed E-state index contributed by atoms with van der Waals surface area (Å²) in [4.78, 5) is 2.38. The molecule has 1 spiro atoms. The molecule has 1 atom stereocenters. The van der Waals surface area contributed by atoms with Crippen LogP contribution in [0, 0.1) is 11.2 Å². The Labute approximate surface area is 149 Å². The molecule has 2 aromatic carbocycles. The Kier molecular flexibility index (Phi) is 4.01. The lowest BCUT2D eigenvalue weighted by Crippen LogP contribution is -2.58. The molecule has 2 fully saturated rings. The number of likely N-dealkylation sites (tertiary alicyclic amines) is 1. The number of benzene rings is 2. The fourth-order valence-corrected chi connectivity index (χ4v) is 4.50. The molecule has 2 nitrogen and oxygen atoms in total. The third-order valence-electron chi connectivity index (χ3n) is 5.60. The molecule has 0 radical (unpaired) electrons. The van der Waals surface area contributed by atoms with Gasteiger partial charge in [0.1, 0.15) is 5.82 Å². The normalized spacial score (nSPS) is 20.1. The quantitative estimate of drug-likeness (QED) is 0.902. The largest absolute Gasteiger partial charge is 0.324 e. The van der Waals surface area contributed by atoms with Crippen LogP contribution in [0.25, 0.3) is 5.57 Å². The van der Waals surface area contributed by atoms with Gasteiger partial charge in [-0.1, -0.05) is 42.0 Å². The van der Waals surface area contributed by atoms with Crippen molar-refractivity contribution in [3.05, 3.63) is 76.6 Å². The Morgan fingerprint density at radius 1 is 1.00 bits per heavy atom. The van der Waals surface area contributed by atoms with Gasteiger partial charge >= 0.3 is 0 Å². The van der Waals surface area contributed by atoms with Crippen molar-refractivity contribution in [1.29, 1.82) is 0 Å². The molecule has 4 rings (SSSR count). The predicted octanol–water partition coefficient (Wildman–Crippen LogP) is 4.37. The van der Waals surface area contributed by atoms with E-state index in [0.29, 0.717) is 5.41 Å². The number of nitrogens with zero attached hydrogens (tertiary/aromatic N) is 1. The van der Waals surface area contributed by atoms with Gasteiger partial charge in [0.05, 0.1) is 0 Å². The molecule has 0 amide bonds. The van der Waals surface area contributed by atoms with Crippen molar-refractivity contribution in [3.63, 3.8) is 0 Å². The minimum Gasteiger partial charge on any atom is -0.324 e. The molecule has 2 aromatic rings. The van der Waals surface area contributed by atoms with Crippen molar-refractivity contribution in [2.75, 3.05) is 20.1 Å². The number of allylic oxidation sites excluding steroid dienone is 1. The first-order chi connectivity index (χ1) is 12.0. The summed E-state index contributed by atoms with van der Waals surface area (Å²) in [6, 6.07) is 15.5. The van der Waals surface area contributed by atoms with Gasteiger partial charge in [-0.2, -0.15) is 0 Å². The first kappa shape index (κ1) is 16.5. The summed E-state index contributed by atoms with van der Waals surface area (Å²) in [6.07, 6.45) is 2.30. The van der Waals surface area contributed by atoms with Crippen molar-refractivity contribution in [1.82, 2.24) is 4.90 Å². The number of hydrogen-bond donors (Lipinski definition) is 1. The summed E-state index contributed by atoms with van der Waals surface area (Å²) in [5, 5.41) is 0. The maximum Gasteiger partial charge on any atom is 0.123 e. The van der Waals surface area contributed by atoms with Crippen LogP contribution < -0.4 is 5.73 Å². The van der Waals surface area contributed by atoms with E-state index in [9.17, 15) is 4.39 Å². The smallest absolute Gasteiger partial charge is 0.123 e. The third-order valence-corrected chi connectivity index (χ3v) is 5.60. The van der Waals surface area contributed by atoms with E-state index < -0.39 is 0 Å². The van der Waals surface area contributed by atoms with Crippen LogP contribution >= 0.6 is 0 Å². The highest BCUT2D eigenvalue weighted by Gasteiger charge is 2.49. The van der Waals surface area contributed by atoms with Gasteiger partial charge in [-0.15, -0.1) is 0 Å². The number of hydrogen-bond acceptors (Lipinski definition) is 2. The molecule has 130 valence electrons.